The molecule has 286 valence electrons. The second kappa shape index (κ2) is 24.0. The molecular formula is C33H58B2O10P2S2Si2. The zero-order chi connectivity index (χ0) is 42.3. The lowest BCUT2D eigenvalue weighted by Crippen LogP contribution is -2.38. The largest absolute Gasteiger partial charge is 0.456 e. The number of ether oxygens (including phenoxy) is 6. The van der Waals surface area contributed by atoms with Gasteiger partial charge in [0.1, 0.15) is 24.8 Å². The van der Waals surface area contributed by atoms with Gasteiger partial charge in [0, 0.05) is 29.4 Å². The van der Waals surface area contributed by atoms with Gasteiger partial charge in [0.25, 0.3) is 16.0 Å². The smallest absolute Gasteiger partial charge is 0.305 e. The Morgan fingerprint density at radius 1 is 0.804 bits per heavy atom. The topological polar surface area (TPSA) is 108 Å². The third kappa shape index (κ3) is 15.2. The first-order chi connectivity index (χ1) is 25.9. The maximum absolute atomic E-state index is 11.4. The average Bonchev–Trinajstić information content (AvgIpc) is 3.74. The van der Waals surface area contributed by atoms with Crippen LogP contribution in [0.2, 0.25) is 36.3 Å². The predicted molar refractivity (Wildman–Crippen MR) is 219 cm³/mol. The molecule has 18 heteroatoms. The van der Waals surface area contributed by atoms with E-state index in [0.717, 1.165) is 52.3 Å². The first kappa shape index (κ1) is 43.2. The predicted octanol–water partition coefficient (Wildman–Crippen LogP) is 5.54. The zero-order valence-corrected chi connectivity index (χ0v) is 37.3. The molecule has 3 aliphatic rings. The number of hydrogen-bond donors (Lipinski definition) is 0. The maximum Gasteiger partial charge on any atom is 0.305 e. The van der Waals surface area contributed by atoms with Crippen LogP contribution in [0, 0.1) is 22.9 Å². The van der Waals surface area contributed by atoms with Crippen LogP contribution in [0.25, 0.3) is 0 Å². The fraction of sp³-hybridized carbons (Fsp3) is 0.818. The van der Waals surface area contributed by atoms with Gasteiger partial charge in [-0.2, -0.15) is 0 Å². The number of carbonyl (C=O) groups is 2. The molecule has 2 unspecified atom stereocenters. The first-order valence-corrected chi connectivity index (χ1v) is 25.4. The van der Waals surface area contributed by atoms with Gasteiger partial charge in [0.15, 0.2) is 29.4 Å². The highest BCUT2D eigenvalue weighted by Gasteiger charge is 2.55. The van der Waals surface area contributed by atoms with Crippen molar-refractivity contribution in [3.8, 4) is 22.9 Å². The standard InChI is InChI=1S/C17H28BO6Si.C16H28BO4Si.2HPS/c1-6-25(7-2,8-3)10-9-17(12-21-18)11-15(22-13(4)19)16(24-17)23-14(5)20;1-6-22(7-2,8-3)10-9-16(12-18-17)11-13-14(21-16)20-15(4,5)19-13;2*1-2/h15-16,18H,6-8,11-12H2,1-5H3;13-14,17H,6-8,11-12H2,1-5H3;2*1H/t15?,16-,17-;13?,14-,16+;;/m01../s1/i18T;17T;2*1D. The third-order valence-electron chi connectivity index (χ3n) is 9.59. The maximum atomic E-state index is 11.4. The van der Waals surface area contributed by atoms with E-state index >= 15 is 0 Å². The molecule has 51 heavy (non-hydrogen) atoms. The van der Waals surface area contributed by atoms with E-state index in [9.17, 15) is 9.59 Å². The van der Waals surface area contributed by atoms with Gasteiger partial charge in [-0.1, -0.05) is 77.0 Å². The monoisotopic (exact) mass is 824 g/mol. The molecule has 0 amide bonds. The third-order valence-corrected chi connectivity index (χ3v) is 19.0. The van der Waals surface area contributed by atoms with Crippen molar-refractivity contribution >= 4 is 83.6 Å². The summed E-state index contributed by atoms with van der Waals surface area (Å²) >= 11 is 8.06. The lowest BCUT2D eigenvalue weighted by Gasteiger charge is -2.28. The summed E-state index contributed by atoms with van der Waals surface area (Å²) in [5.41, 5.74) is 5.21. The molecule has 0 N–H and O–H groups in total. The second-order valence-corrected chi connectivity index (χ2v) is 23.0. The number of esters is 2. The molecular weight excluding hydrogens is 760 g/mol. The van der Waals surface area contributed by atoms with Crippen LogP contribution in [0.3, 0.4) is 0 Å². The molecule has 3 aliphatic heterocycles. The van der Waals surface area contributed by atoms with Gasteiger partial charge >= 0.3 is 11.9 Å². The normalized spacial score (nSPS) is 28.3. The van der Waals surface area contributed by atoms with E-state index in [-0.39, 0.29) is 41.7 Å². The van der Waals surface area contributed by atoms with Crippen LogP contribution in [-0.4, -0.2) is 104 Å². The summed E-state index contributed by atoms with van der Waals surface area (Å²) in [7, 11) is -1.06. The van der Waals surface area contributed by atoms with Crippen LogP contribution in [0.15, 0.2) is 0 Å². The average molecular weight is 825 g/mol. The number of rotatable bonds is 14. The van der Waals surface area contributed by atoms with Crippen molar-refractivity contribution < 1.29 is 47.3 Å². The van der Waals surface area contributed by atoms with E-state index in [1.165, 1.54) is 13.8 Å². The molecule has 0 saturated carbocycles. The fourth-order valence-electron chi connectivity index (χ4n) is 6.19. The molecule has 0 aliphatic carbocycles. The van der Waals surface area contributed by atoms with Gasteiger partial charge in [-0.25, -0.2) is 0 Å². The Hall–Kier alpha value is -0.576. The summed E-state index contributed by atoms with van der Waals surface area (Å²) in [6.45, 7) is 19.7. The Morgan fingerprint density at radius 2 is 1.24 bits per heavy atom. The van der Waals surface area contributed by atoms with Crippen molar-refractivity contribution in [2.45, 2.75) is 160 Å². The molecule has 0 aromatic rings. The summed E-state index contributed by atoms with van der Waals surface area (Å²) in [4.78, 5) is 22.8. The molecule has 10 nitrogen and oxygen atoms in total. The van der Waals surface area contributed by atoms with E-state index in [1.54, 1.807) is 0 Å². The van der Waals surface area contributed by atoms with Crippen LogP contribution in [0.5, 0.6) is 0 Å². The zero-order valence-electron chi connectivity index (χ0n) is 35.8. The van der Waals surface area contributed by atoms with E-state index in [4.69, 9.17) is 43.0 Å². The summed E-state index contributed by atoms with van der Waals surface area (Å²) < 4.78 is 70.8. The molecule has 0 spiro atoms. The van der Waals surface area contributed by atoms with Crippen LogP contribution < -0.4 is 0 Å². The van der Waals surface area contributed by atoms with Gasteiger partial charge in [0.2, 0.25) is 6.29 Å². The molecule has 3 heterocycles. The fourth-order valence-corrected chi connectivity index (χ4v) is 11.2. The van der Waals surface area contributed by atoms with Crippen molar-refractivity contribution in [3.63, 3.8) is 0 Å². The molecule has 3 rings (SSSR count). The molecule has 2 radical (unpaired) electrons. The SMILES string of the molecule is [2H]P=S.[2H]P=S.[3H][B]OC[C@]1(C#C[Si](CC)(CC)CC)CC(OC(C)=O)[C@@H](OC(C)=O)O1.[3H][B]OC[C@]1(C#C[Si](CC)(CC)CC)CC2OC(C)(C)O[C@@H]2O1. The minimum Gasteiger partial charge on any atom is -0.456 e. The van der Waals surface area contributed by atoms with Gasteiger partial charge in [0.05, 0.1) is 13.2 Å². The highest BCUT2D eigenvalue weighted by atomic mass is 32.4. The van der Waals surface area contributed by atoms with Crippen molar-refractivity contribution in [3.05, 3.63) is 0 Å². The van der Waals surface area contributed by atoms with Crippen LogP contribution in [0.1, 0.15) is 82.1 Å². The van der Waals surface area contributed by atoms with Crippen molar-refractivity contribution in [1.29, 1.82) is 5.23 Å². The Labute approximate surface area is 331 Å². The molecule has 3 fully saturated rings. The summed E-state index contributed by atoms with van der Waals surface area (Å²) in [5, 5.41) is 0. The Balaban J connectivity index is 0.000000931. The van der Waals surface area contributed by atoms with Crippen LogP contribution >= 0.6 is 15.9 Å². The Morgan fingerprint density at radius 3 is 1.61 bits per heavy atom. The number of fused-ring (bicyclic) bond motifs is 1. The summed E-state index contributed by atoms with van der Waals surface area (Å²) in [6.07, 6.45) is -1.51. The Bertz CT molecular complexity index is 1280. The highest BCUT2D eigenvalue weighted by molar-refractivity contribution is 7.89. The first-order valence-electron chi connectivity index (χ1n) is 19.3. The number of hydrogen-bond acceptors (Lipinski definition) is 12. The van der Waals surface area contributed by atoms with Crippen LogP contribution in [0.4, 0.5) is 0 Å². The Kier molecular flexibility index (Phi) is 20.3. The van der Waals surface area contributed by atoms with Crippen molar-refractivity contribution in [1.82, 2.24) is 0 Å². The molecule has 0 aromatic carbocycles. The van der Waals surface area contributed by atoms with Gasteiger partial charge < -0.3 is 37.7 Å². The number of carbonyl (C=O) groups excluding carboxylic acids is 2. The molecule has 0 aromatic heterocycles. The molecule has 0 bridgehead atoms. The van der Waals surface area contributed by atoms with E-state index in [0.29, 0.717) is 6.42 Å². The minimum atomic E-state index is -1.75. The molecule has 6 atom stereocenters. The van der Waals surface area contributed by atoms with Gasteiger partial charge in [-0.05, 0) is 66.0 Å². The highest BCUT2D eigenvalue weighted by Crippen LogP contribution is 2.42. The second-order valence-electron chi connectivity index (χ2n) is 13.1. The quantitative estimate of drug-likeness (QED) is 0.0951. The van der Waals surface area contributed by atoms with Crippen molar-refractivity contribution in [2.24, 2.45) is 0 Å². The lowest BCUT2D eigenvalue weighted by atomic mass is 10.0. The van der Waals surface area contributed by atoms with E-state index in [1.807, 2.05) is 13.8 Å². The summed E-state index contributed by atoms with van der Waals surface area (Å²) in [6, 6.07) is 6.49. The van der Waals surface area contributed by atoms with E-state index < -0.39 is 63.8 Å². The van der Waals surface area contributed by atoms with Gasteiger partial charge in [-0.3, -0.25) is 9.59 Å². The van der Waals surface area contributed by atoms with Crippen LogP contribution in [-0.2, 0) is 70.9 Å². The molecule has 3 saturated heterocycles. The summed E-state index contributed by atoms with van der Waals surface area (Å²) in [5.74, 6) is 4.94. The minimum absolute atomic E-state index is 0.000647. The van der Waals surface area contributed by atoms with Crippen molar-refractivity contribution in [2.75, 3.05) is 13.2 Å². The lowest BCUT2D eigenvalue weighted by molar-refractivity contribution is -0.218. The van der Waals surface area contributed by atoms with Gasteiger partial charge in [-0.15, -0.1) is 11.1 Å². The van der Waals surface area contributed by atoms with E-state index in [2.05, 4.69) is 88.1 Å².